The number of carbonyl (C=O) groups is 4. The molecule has 8 rings (SSSR count). The second-order valence-corrected chi connectivity index (χ2v) is 17.9. The average molecular weight is 843 g/mol. The first-order valence-corrected chi connectivity index (χ1v) is 21.4. The van der Waals surface area contributed by atoms with Gasteiger partial charge in [0.15, 0.2) is 5.82 Å². The van der Waals surface area contributed by atoms with Gasteiger partial charge in [0.05, 0.1) is 49.0 Å². The van der Waals surface area contributed by atoms with Crippen LogP contribution in [0.25, 0.3) is 0 Å². The zero-order valence-electron chi connectivity index (χ0n) is 35.6. The smallest absolute Gasteiger partial charge is 0.342 e. The predicted molar refractivity (Wildman–Crippen MR) is 227 cm³/mol. The number of nitrogens with zero attached hydrogens (tertiary/aromatic N) is 7. The van der Waals surface area contributed by atoms with Crippen molar-refractivity contribution in [3.8, 4) is 5.75 Å². The number of aromatic nitrogens is 3. The molecule has 15 nitrogen and oxygen atoms in total. The summed E-state index contributed by atoms with van der Waals surface area (Å²) in [5, 5.41) is 8.76. The number of pyridine rings is 1. The van der Waals surface area contributed by atoms with Gasteiger partial charge in [0.2, 0.25) is 17.8 Å². The van der Waals surface area contributed by atoms with Gasteiger partial charge in [-0.25, -0.2) is 4.98 Å². The standard InChI is InChI=1S/C44H56F2N10O5/c1-26(2)56-25-44(45,46)41(60)53(4)35-23-48-42(52-38(35)56)50-32-8-6-29(19-36(32)61-5)39(58)49-30-20-43(21-30)12-16-54(17-13-43)24-28-10-14-55(15-11-28)34-22-47-33(18-27(34)3)31-7-9-37(57)51-40(31)59/h6,8,18-19,22-23,26,28,30-31H,7,9-17,20-21,24-25H2,1-5H3,(H,49,58)(H,48,50,52)(H,51,57,59). The quantitative estimate of drug-likeness (QED) is 0.230. The van der Waals surface area contributed by atoms with Crippen molar-refractivity contribution in [1.82, 2.24) is 30.5 Å². The lowest BCUT2D eigenvalue weighted by molar-refractivity contribution is -0.140. The zero-order valence-corrected chi connectivity index (χ0v) is 35.6. The first-order valence-electron chi connectivity index (χ1n) is 21.4. The van der Waals surface area contributed by atoms with Gasteiger partial charge in [-0.3, -0.25) is 29.5 Å². The summed E-state index contributed by atoms with van der Waals surface area (Å²) in [6.07, 6.45) is 10.5. The van der Waals surface area contributed by atoms with Crippen molar-refractivity contribution in [3.63, 3.8) is 0 Å². The molecule has 1 aromatic carbocycles. The topological polar surface area (TPSA) is 165 Å². The largest absolute Gasteiger partial charge is 0.495 e. The number of ether oxygens (including phenoxy) is 1. The predicted octanol–water partition coefficient (Wildman–Crippen LogP) is 5.17. The van der Waals surface area contributed by atoms with Gasteiger partial charge in [-0.15, -0.1) is 0 Å². The van der Waals surface area contributed by atoms with Crippen molar-refractivity contribution in [2.75, 3.05) is 73.4 Å². The molecule has 0 radical (unpaired) electrons. The third-order valence-corrected chi connectivity index (χ3v) is 13.5. The lowest BCUT2D eigenvalue weighted by Crippen LogP contribution is -2.55. The van der Waals surface area contributed by atoms with E-state index in [1.165, 1.54) is 25.3 Å². The SMILES string of the molecule is COc1cc(C(=O)NC2CC3(CCN(CC4CCN(c5cnc(C6CCC(=O)NC6=O)cc5C)CC4)CC3)C2)ccc1Nc1ncc2c(n1)N(C(C)C)CC(F)(F)C(=O)N2C. The van der Waals surface area contributed by atoms with E-state index in [1.807, 2.05) is 12.3 Å². The monoisotopic (exact) mass is 842 g/mol. The number of nitrogens with one attached hydrogen (secondary N) is 3. The molecule has 1 aliphatic carbocycles. The van der Waals surface area contributed by atoms with Gasteiger partial charge >= 0.3 is 5.92 Å². The Kier molecular flexibility index (Phi) is 11.6. The fourth-order valence-electron chi connectivity index (χ4n) is 9.83. The molecule has 4 amide bonds. The summed E-state index contributed by atoms with van der Waals surface area (Å²) in [4.78, 5) is 70.7. The lowest BCUT2D eigenvalue weighted by atomic mass is 9.60. The fraction of sp³-hybridized carbons (Fsp3) is 0.568. The van der Waals surface area contributed by atoms with Gasteiger partial charge in [-0.2, -0.15) is 13.8 Å². The highest BCUT2D eigenvalue weighted by molar-refractivity contribution is 6.02. The van der Waals surface area contributed by atoms with Gasteiger partial charge in [0, 0.05) is 50.7 Å². The lowest BCUT2D eigenvalue weighted by Gasteiger charge is -2.52. The minimum absolute atomic E-state index is 0.109. The molecule has 5 aliphatic rings. The fourth-order valence-corrected chi connectivity index (χ4v) is 9.83. The molecule has 3 N–H and O–H groups in total. The Morgan fingerprint density at radius 1 is 1.00 bits per heavy atom. The minimum Gasteiger partial charge on any atom is -0.495 e. The second-order valence-electron chi connectivity index (χ2n) is 17.9. The number of methoxy groups -OCH3 is 1. The summed E-state index contributed by atoms with van der Waals surface area (Å²) >= 11 is 0. The van der Waals surface area contributed by atoms with Gasteiger partial charge < -0.3 is 35.0 Å². The third kappa shape index (κ3) is 8.70. The summed E-state index contributed by atoms with van der Waals surface area (Å²) in [6, 6.07) is 6.81. The molecule has 3 saturated heterocycles. The van der Waals surface area contributed by atoms with E-state index in [0.717, 1.165) is 93.1 Å². The maximum atomic E-state index is 14.8. The van der Waals surface area contributed by atoms with E-state index >= 15 is 0 Å². The number of aryl methyl sites for hydroxylation is 1. The molecule has 2 aromatic heterocycles. The first-order chi connectivity index (χ1) is 29.1. The van der Waals surface area contributed by atoms with Crippen LogP contribution in [0.1, 0.15) is 92.7 Å². The number of hydrogen-bond acceptors (Lipinski definition) is 12. The molecular weight excluding hydrogens is 787 g/mol. The Morgan fingerprint density at radius 3 is 2.39 bits per heavy atom. The Balaban J connectivity index is 0.793. The Bertz CT molecular complexity index is 2180. The van der Waals surface area contributed by atoms with E-state index in [0.29, 0.717) is 35.8 Å². The van der Waals surface area contributed by atoms with Crippen molar-refractivity contribution in [2.45, 2.75) is 96.1 Å². The van der Waals surface area contributed by atoms with E-state index in [1.54, 1.807) is 32.0 Å². The number of likely N-dealkylation sites (tertiary alicyclic amines) is 1. The van der Waals surface area contributed by atoms with Gasteiger partial charge in [0.1, 0.15) is 11.4 Å². The number of hydrogen-bond donors (Lipinski definition) is 3. The number of imide groups is 1. The summed E-state index contributed by atoms with van der Waals surface area (Å²) in [6.45, 7) is 9.98. The van der Waals surface area contributed by atoms with Crippen LogP contribution in [0, 0.1) is 18.3 Å². The first kappa shape index (κ1) is 42.2. The minimum atomic E-state index is -3.59. The molecule has 1 unspecified atom stereocenters. The Labute approximate surface area is 355 Å². The highest BCUT2D eigenvalue weighted by atomic mass is 19.3. The van der Waals surface area contributed by atoms with Gasteiger partial charge in [-0.1, -0.05) is 0 Å². The van der Waals surface area contributed by atoms with Crippen molar-refractivity contribution in [3.05, 3.63) is 53.5 Å². The number of carbonyl (C=O) groups excluding carboxylic acids is 4. The number of halogens is 2. The normalized spacial score (nSPS) is 22.1. The van der Waals surface area contributed by atoms with Crippen LogP contribution in [0.5, 0.6) is 5.75 Å². The molecular formula is C44H56F2N10O5. The highest BCUT2D eigenvalue weighted by Gasteiger charge is 2.48. The van der Waals surface area contributed by atoms with Crippen molar-refractivity contribution >= 4 is 52.5 Å². The van der Waals surface area contributed by atoms with Crippen molar-refractivity contribution in [1.29, 1.82) is 0 Å². The third-order valence-electron chi connectivity index (χ3n) is 13.5. The summed E-state index contributed by atoms with van der Waals surface area (Å²) in [5.41, 5.74) is 4.35. The van der Waals surface area contributed by atoms with E-state index in [-0.39, 0.29) is 58.6 Å². The molecule has 3 aromatic rings. The average Bonchev–Trinajstić information content (AvgIpc) is 3.29. The highest BCUT2D eigenvalue weighted by Crippen LogP contribution is 2.49. The number of benzene rings is 1. The van der Waals surface area contributed by atoms with Crippen LogP contribution >= 0.6 is 0 Å². The summed E-state index contributed by atoms with van der Waals surface area (Å²) in [7, 11) is 2.79. The van der Waals surface area contributed by atoms with Crippen LogP contribution in [-0.4, -0.2) is 115 Å². The van der Waals surface area contributed by atoms with Crippen LogP contribution in [-0.2, 0) is 14.4 Å². The van der Waals surface area contributed by atoms with Crippen LogP contribution in [0.4, 0.5) is 37.6 Å². The number of piperidine rings is 3. The molecule has 17 heteroatoms. The van der Waals surface area contributed by atoms with Gasteiger partial charge in [-0.05, 0) is 120 Å². The molecule has 6 heterocycles. The summed E-state index contributed by atoms with van der Waals surface area (Å²) < 4.78 is 35.2. The Hall–Kier alpha value is -5.45. The van der Waals surface area contributed by atoms with Crippen LogP contribution < -0.4 is 35.4 Å². The maximum Gasteiger partial charge on any atom is 0.342 e. The molecule has 326 valence electrons. The van der Waals surface area contributed by atoms with E-state index in [2.05, 4.69) is 47.6 Å². The molecule has 1 spiro atoms. The number of fused-ring (bicyclic) bond motifs is 1. The van der Waals surface area contributed by atoms with E-state index in [9.17, 15) is 28.0 Å². The van der Waals surface area contributed by atoms with E-state index < -0.39 is 18.4 Å². The molecule has 4 fully saturated rings. The second kappa shape index (κ2) is 16.8. The molecule has 4 aliphatic heterocycles. The maximum absolute atomic E-state index is 14.8. The van der Waals surface area contributed by atoms with Crippen LogP contribution in [0.15, 0.2) is 36.7 Å². The Morgan fingerprint density at radius 2 is 1.72 bits per heavy atom. The number of anilines is 5. The van der Waals surface area contributed by atoms with Crippen molar-refractivity contribution in [2.24, 2.45) is 11.3 Å². The number of amides is 4. The van der Waals surface area contributed by atoms with Gasteiger partial charge in [0.25, 0.3) is 11.8 Å². The molecule has 1 saturated carbocycles. The van der Waals surface area contributed by atoms with Crippen molar-refractivity contribution < 1.29 is 32.7 Å². The molecule has 1 atom stereocenters. The molecule has 0 bridgehead atoms. The molecule has 61 heavy (non-hydrogen) atoms. The number of rotatable bonds is 10. The number of alkyl halides is 2. The zero-order chi connectivity index (χ0) is 43.2. The summed E-state index contributed by atoms with van der Waals surface area (Å²) in [5.74, 6) is -4.56. The van der Waals surface area contributed by atoms with Crippen LogP contribution in [0.3, 0.4) is 0 Å². The van der Waals surface area contributed by atoms with Crippen LogP contribution in [0.2, 0.25) is 0 Å². The van der Waals surface area contributed by atoms with E-state index in [4.69, 9.17) is 4.74 Å².